The average molecular weight is 363 g/mol. The summed E-state index contributed by atoms with van der Waals surface area (Å²) in [6.45, 7) is 0. The SMILES string of the molecule is COc1ccc(C(=O)N/N=C/c2ccc(OC)c(Br)c2)cc1. The van der Waals surface area contributed by atoms with E-state index in [4.69, 9.17) is 9.47 Å². The first kappa shape index (κ1) is 16.0. The van der Waals surface area contributed by atoms with Crippen molar-refractivity contribution in [3.8, 4) is 11.5 Å². The molecule has 1 N–H and O–H groups in total. The molecule has 2 aromatic rings. The predicted molar refractivity (Wildman–Crippen MR) is 88.7 cm³/mol. The lowest BCUT2D eigenvalue weighted by atomic mass is 10.2. The molecule has 1 amide bonds. The number of hydrogen-bond acceptors (Lipinski definition) is 4. The Bertz CT molecular complexity index is 684. The molecular formula is C16H15BrN2O3. The zero-order valence-corrected chi connectivity index (χ0v) is 13.8. The number of nitrogens with one attached hydrogen (secondary N) is 1. The van der Waals surface area contributed by atoms with Crippen molar-refractivity contribution in [2.45, 2.75) is 0 Å². The van der Waals surface area contributed by atoms with E-state index in [2.05, 4.69) is 26.5 Å². The first-order chi connectivity index (χ1) is 10.6. The second-order valence-corrected chi connectivity index (χ2v) is 5.18. The summed E-state index contributed by atoms with van der Waals surface area (Å²) in [5, 5.41) is 3.94. The topological polar surface area (TPSA) is 59.9 Å². The van der Waals surface area contributed by atoms with Crippen LogP contribution >= 0.6 is 15.9 Å². The van der Waals surface area contributed by atoms with Gasteiger partial charge >= 0.3 is 0 Å². The fourth-order valence-corrected chi connectivity index (χ4v) is 2.29. The summed E-state index contributed by atoms with van der Waals surface area (Å²) < 4.78 is 11.0. The Morgan fingerprint density at radius 1 is 1.14 bits per heavy atom. The summed E-state index contributed by atoms with van der Waals surface area (Å²) in [6, 6.07) is 12.3. The molecule has 0 radical (unpaired) electrons. The van der Waals surface area contributed by atoms with E-state index >= 15 is 0 Å². The maximum absolute atomic E-state index is 11.9. The third-order valence-electron chi connectivity index (χ3n) is 2.91. The van der Waals surface area contributed by atoms with Crippen LogP contribution in [0.15, 0.2) is 52.0 Å². The molecule has 22 heavy (non-hydrogen) atoms. The average Bonchev–Trinajstić information content (AvgIpc) is 2.55. The second kappa shape index (κ2) is 7.61. The van der Waals surface area contributed by atoms with Gasteiger partial charge in [0, 0.05) is 5.56 Å². The number of rotatable bonds is 5. The molecule has 2 rings (SSSR count). The van der Waals surface area contributed by atoms with E-state index in [1.165, 1.54) is 0 Å². The Hall–Kier alpha value is -2.34. The molecule has 0 saturated heterocycles. The van der Waals surface area contributed by atoms with Gasteiger partial charge in [0.2, 0.25) is 0 Å². The summed E-state index contributed by atoms with van der Waals surface area (Å²) in [5.74, 6) is 1.15. The Labute approximate surface area is 137 Å². The van der Waals surface area contributed by atoms with Crippen LogP contribution < -0.4 is 14.9 Å². The number of nitrogens with zero attached hydrogens (tertiary/aromatic N) is 1. The van der Waals surface area contributed by atoms with Crippen molar-refractivity contribution >= 4 is 28.1 Å². The molecule has 0 aliphatic rings. The van der Waals surface area contributed by atoms with E-state index in [1.54, 1.807) is 44.7 Å². The van der Waals surface area contributed by atoms with E-state index < -0.39 is 0 Å². The van der Waals surface area contributed by atoms with Crippen molar-refractivity contribution in [2.75, 3.05) is 14.2 Å². The van der Waals surface area contributed by atoms with Crippen molar-refractivity contribution < 1.29 is 14.3 Å². The largest absolute Gasteiger partial charge is 0.497 e. The Morgan fingerprint density at radius 2 is 1.86 bits per heavy atom. The van der Waals surface area contributed by atoms with Crippen molar-refractivity contribution in [3.63, 3.8) is 0 Å². The van der Waals surface area contributed by atoms with Crippen LogP contribution in [0.5, 0.6) is 11.5 Å². The van der Waals surface area contributed by atoms with Crippen molar-refractivity contribution in [3.05, 3.63) is 58.1 Å². The highest BCUT2D eigenvalue weighted by Crippen LogP contribution is 2.24. The molecular weight excluding hydrogens is 348 g/mol. The fourth-order valence-electron chi connectivity index (χ4n) is 1.74. The maximum Gasteiger partial charge on any atom is 0.271 e. The van der Waals surface area contributed by atoms with E-state index in [-0.39, 0.29) is 5.91 Å². The number of hydrazone groups is 1. The van der Waals surface area contributed by atoms with Gasteiger partial charge in [0.15, 0.2) is 0 Å². The monoisotopic (exact) mass is 362 g/mol. The van der Waals surface area contributed by atoms with Crippen LogP contribution in [0.2, 0.25) is 0 Å². The van der Waals surface area contributed by atoms with E-state index in [0.29, 0.717) is 11.3 Å². The normalized spacial score (nSPS) is 10.5. The zero-order chi connectivity index (χ0) is 15.9. The summed E-state index contributed by atoms with van der Waals surface area (Å²) >= 11 is 3.39. The Kier molecular flexibility index (Phi) is 5.55. The van der Waals surface area contributed by atoms with Crippen LogP contribution in [0.1, 0.15) is 15.9 Å². The van der Waals surface area contributed by atoms with Crippen LogP contribution in [-0.2, 0) is 0 Å². The molecule has 114 valence electrons. The standard InChI is InChI=1S/C16H15BrN2O3/c1-21-13-6-4-12(5-7-13)16(20)19-18-10-11-3-8-15(22-2)14(17)9-11/h3-10H,1-2H3,(H,19,20)/b18-10+. The van der Waals surface area contributed by atoms with Gasteiger partial charge in [0.25, 0.3) is 5.91 Å². The smallest absolute Gasteiger partial charge is 0.271 e. The van der Waals surface area contributed by atoms with Gasteiger partial charge in [-0.2, -0.15) is 5.10 Å². The highest BCUT2D eigenvalue weighted by molar-refractivity contribution is 9.10. The first-order valence-corrected chi connectivity index (χ1v) is 7.24. The Balaban J connectivity index is 1.99. The molecule has 6 heteroatoms. The third kappa shape index (κ3) is 4.08. The van der Waals surface area contributed by atoms with Gasteiger partial charge in [0.1, 0.15) is 11.5 Å². The molecule has 0 atom stereocenters. The van der Waals surface area contributed by atoms with E-state index in [1.807, 2.05) is 18.2 Å². The number of methoxy groups -OCH3 is 2. The molecule has 0 saturated carbocycles. The number of carbonyl (C=O) groups is 1. The molecule has 5 nitrogen and oxygen atoms in total. The molecule has 0 aliphatic heterocycles. The highest BCUT2D eigenvalue weighted by Gasteiger charge is 2.04. The number of hydrogen-bond donors (Lipinski definition) is 1. The summed E-state index contributed by atoms with van der Waals surface area (Å²) in [4.78, 5) is 11.9. The molecule has 0 aliphatic carbocycles. The van der Waals surface area contributed by atoms with Crippen molar-refractivity contribution in [1.29, 1.82) is 0 Å². The zero-order valence-electron chi connectivity index (χ0n) is 12.2. The maximum atomic E-state index is 11.9. The number of amides is 1. The lowest BCUT2D eigenvalue weighted by molar-refractivity contribution is 0.0955. The molecule has 0 unspecified atom stereocenters. The van der Waals surface area contributed by atoms with E-state index in [0.717, 1.165) is 15.8 Å². The number of benzene rings is 2. The van der Waals surface area contributed by atoms with Crippen LogP contribution in [0.25, 0.3) is 0 Å². The Morgan fingerprint density at radius 3 is 2.45 bits per heavy atom. The number of ether oxygens (including phenoxy) is 2. The van der Waals surface area contributed by atoms with Gasteiger partial charge in [-0.3, -0.25) is 4.79 Å². The van der Waals surface area contributed by atoms with Gasteiger partial charge < -0.3 is 9.47 Å². The highest BCUT2D eigenvalue weighted by atomic mass is 79.9. The lowest BCUT2D eigenvalue weighted by Crippen LogP contribution is -2.17. The van der Waals surface area contributed by atoms with Gasteiger partial charge in [-0.1, -0.05) is 0 Å². The lowest BCUT2D eigenvalue weighted by Gasteiger charge is -2.04. The van der Waals surface area contributed by atoms with Crippen LogP contribution in [0.3, 0.4) is 0 Å². The summed E-state index contributed by atoms with van der Waals surface area (Å²) in [7, 11) is 3.18. The van der Waals surface area contributed by atoms with Crippen LogP contribution in [0.4, 0.5) is 0 Å². The van der Waals surface area contributed by atoms with Gasteiger partial charge in [-0.05, 0) is 64.0 Å². The fraction of sp³-hybridized carbons (Fsp3) is 0.125. The van der Waals surface area contributed by atoms with Crippen molar-refractivity contribution in [1.82, 2.24) is 5.43 Å². The molecule has 0 aromatic heterocycles. The molecule has 0 spiro atoms. The first-order valence-electron chi connectivity index (χ1n) is 6.45. The predicted octanol–water partition coefficient (Wildman–Crippen LogP) is 3.23. The minimum Gasteiger partial charge on any atom is -0.497 e. The third-order valence-corrected chi connectivity index (χ3v) is 3.53. The van der Waals surface area contributed by atoms with Crippen LogP contribution in [-0.4, -0.2) is 26.3 Å². The molecule has 0 fully saturated rings. The van der Waals surface area contributed by atoms with Gasteiger partial charge in [-0.25, -0.2) is 5.43 Å². The van der Waals surface area contributed by atoms with Crippen LogP contribution in [0, 0.1) is 0 Å². The minimum atomic E-state index is -0.286. The quantitative estimate of drug-likeness (QED) is 0.656. The van der Waals surface area contributed by atoms with Crippen molar-refractivity contribution in [2.24, 2.45) is 5.10 Å². The molecule has 2 aromatic carbocycles. The van der Waals surface area contributed by atoms with Gasteiger partial charge in [0.05, 0.1) is 24.9 Å². The summed E-state index contributed by atoms with van der Waals surface area (Å²) in [6.07, 6.45) is 1.56. The van der Waals surface area contributed by atoms with Gasteiger partial charge in [-0.15, -0.1) is 0 Å². The number of halogens is 1. The molecule has 0 heterocycles. The molecule has 0 bridgehead atoms. The second-order valence-electron chi connectivity index (χ2n) is 4.32. The minimum absolute atomic E-state index is 0.286. The summed E-state index contributed by atoms with van der Waals surface area (Å²) in [5.41, 5.74) is 3.82. The van der Waals surface area contributed by atoms with E-state index in [9.17, 15) is 4.79 Å². The number of carbonyl (C=O) groups excluding carboxylic acids is 1.